The molecule has 0 aliphatic carbocycles. The Morgan fingerprint density at radius 2 is 1.95 bits per heavy atom. The normalized spacial score (nSPS) is 10.7. The molecule has 19 heavy (non-hydrogen) atoms. The lowest BCUT2D eigenvalue weighted by Gasteiger charge is -2.28. The van der Waals surface area contributed by atoms with Crippen LogP contribution in [-0.4, -0.2) is 18.1 Å². The highest BCUT2D eigenvalue weighted by molar-refractivity contribution is 5.83. The van der Waals surface area contributed by atoms with Crippen molar-refractivity contribution in [2.75, 3.05) is 11.9 Å². The molecule has 1 heterocycles. The monoisotopic (exact) mass is 253 g/mol. The average molecular weight is 253 g/mol. The van der Waals surface area contributed by atoms with E-state index in [4.69, 9.17) is 0 Å². The Morgan fingerprint density at radius 3 is 2.58 bits per heavy atom. The van der Waals surface area contributed by atoms with Crippen molar-refractivity contribution in [3.8, 4) is 6.07 Å². The van der Waals surface area contributed by atoms with Gasteiger partial charge in [0.25, 0.3) is 0 Å². The Bertz CT molecular complexity index is 609. The van der Waals surface area contributed by atoms with Crippen LogP contribution in [-0.2, 0) is 0 Å². The molecule has 3 heteroatoms. The number of nitriles is 1. The molecule has 0 aliphatic heterocycles. The van der Waals surface area contributed by atoms with Crippen LogP contribution in [0.15, 0.2) is 30.3 Å². The summed E-state index contributed by atoms with van der Waals surface area (Å²) in [6, 6.07) is 12.5. The maximum absolute atomic E-state index is 9.34. The van der Waals surface area contributed by atoms with Crippen molar-refractivity contribution in [1.29, 1.82) is 5.26 Å². The van der Waals surface area contributed by atoms with E-state index in [0.717, 1.165) is 29.6 Å². The van der Waals surface area contributed by atoms with Gasteiger partial charge < -0.3 is 4.90 Å². The minimum absolute atomic E-state index is 0.417. The van der Waals surface area contributed by atoms with Crippen LogP contribution in [0.1, 0.15) is 32.3 Å². The fourth-order valence-electron chi connectivity index (χ4n) is 2.47. The van der Waals surface area contributed by atoms with E-state index in [1.165, 1.54) is 0 Å². The van der Waals surface area contributed by atoms with Crippen molar-refractivity contribution in [2.45, 2.75) is 32.7 Å². The summed E-state index contributed by atoms with van der Waals surface area (Å²) in [4.78, 5) is 6.80. The highest BCUT2D eigenvalue weighted by Crippen LogP contribution is 2.24. The molecule has 0 atom stereocenters. The number of anilines is 1. The number of aromatic nitrogens is 1. The molecule has 1 aromatic carbocycles. The molecule has 0 unspecified atom stereocenters. The second-order valence-corrected chi connectivity index (χ2v) is 4.75. The van der Waals surface area contributed by atoms with Crippen LogP contribution in [0.5, 0.6) is 0 Å². The predicted octanol–water partition coefficient (Wildman–Crippen LogP) is 3.73. The lowest BCUT2D eigenvalue weighted by atomic mass is 10.1. The first-order chi connectivity index (χ1) is 9.21. The van der Waals surface area contributed by atoms with Crippen molar-refractivity contribution in [2.24, 2.45) is 0 Å². The zero-order chi connectivity index (χ0) is 13.8. The van der Waals surface area contributed by atoms with Gasteiger partial charge in [0.05, 0.1) is 11.1 Å². The number of rotatable bonds is 4. The fraction of sp³-hybridized carbons (Fsp3) is 0.375. The number of nitrogens with zero attached hydrogens (tertiary/aromatic N) is 3. The van der Waals surface area contributed by atoms with Crippen molar-refractivity contribution in [3.63, 3.8) is 0 Å². The third-order valence-corrected chi connectivity index (χ3v) is 3.65. The van der Waals surface area contributed by atoms with Crippen molar-refractivity contribution in [3.05, 3.63) is 35.9 Å². The minimum atomic E-state index is 0.417. The molecule has 0 spiro atoms. The summed E-state index contributed by atoms with van der Waals surface area (Å²) in [6.07, 6.45) is 2.10. The molecule has 0 aliphatic rings. The summed E-state index contributed by atoms with van der Waals surface area (Å²) in [6.45, 7) is 4.33. The zero-order valence-electron chi connectivity index (χ0n) is 11.7. The van der Waals surface area contributed by atoms with Crippen molar-refractivity contribution >= 4 is 16.7 Å². The molecule has 0 saturated heterocycles. The zero-order valence-corrected chi connectivity index (χ0v) is 11.7. The van der Waals surface area contributed by atoms with Crippen LogP contribution in [0.3, 0.4) is 0 Å². The van der Waals surface area contributed by atoms with Gasteiger partial charge in [0, 0.05) is 18.5 Å². The number of hydrogen-bond acceptors (Lipinski definition) is 3. The standard InChI is InChI=1S/C16H19N3/c1-4-14(5-2)19(3)16-13(11-17)10-12-8-6-7-9-15(12)18-16/h6-10,14H,4-5H2,1-3H3. The Balaban J connectivity index is 2.55. The van der Waals surface area contributed by atoms with Gasteiger partial charge in [-0.2, -0.15) is 5.26 Å². The summed E-state index contributed by atoms with van der Waals surface area (Å²) >= 11 is 0. The van der Waals surface area contributed by atoms with Gasteiger partial charge in [0.2, 0.25) is 0 Å². The second-order valence-electron chi connectivity index (χ2n) is 4.75. The number of para-hydroxylation sites is 1. The van der Waals surface area contributed by atoms with Gasteiger partial charge in [0.1, 0.15) is 11.9 Å². The maximum atomic E-state index is 9.34. The van der Waals surface area contributed by atoms with Gasteiger partial charge in [-0.15, -0.1) is 0 Å². The molecular weight excluding hydrogens is 234 g/mol. The van der Waals surface area contributed by atoms with Gasteiger partial charge in [-0.3, -0.25) is 0 Å². The SMILES string of the molecule is CCC(CC)N(C)c1nc2ccccc2cc1C#N. The van der Waals surface area contributed by atoms with E-state index in [1.807, 2.05) is 37.4 Å². The minimum Gasteiger partial charge on any atom is -0.356 e. The molecule has 2 aromatic rings. The van der Waals surface area contributed by atoms with Gasteiger partial charge in [0.15, 0.2) is 0 Å². The molecular formula is C16H19N3. The fourth-order valence-corrected chi connectivity index (χ4v) is 2.47. The average Bonchev–Trinajstić information content (AvgIpc) is 2.46. The third-order valence-electron chi connectivity index (χ3n) is 3.65. The first-order valence-electron chi connectivity index (χ1n) is 6.74. The first-order valence-corrected chi connectivity index (χ1v) is 6.74. The largest absolute Gasteiger partial charge is 0.356 e. The summed E-state index contributed by atoms with van der Waals surface area (Å²) in [5.74, 6) is 0.787. The Labute approximate surface area is 114 Å². The van der Waals surface area contributed by atoms with Gasteiger partial charge >= 0.3 is 0 Å². The number of hydrogen-bond donors (Lipinski definition) is 0. The van der Waals surface area contributed by atoms with E-state index in [0.29, 0.717) is 11.6 Å². The molecule has 0 saturated carbocycles. The Morgan fingerprint density at radius 1 is 1.26 bits per heavy atom. The van der Waals surface area contributed by atoms with E-state index >= 15 is 0 Å². The van der Waals surface area contributed by atoms with Gasteiger partial charge in [-0.05, 0) is 25.0 Å². The first kappa shape index (κ1) is 13.4. The second kappa shape index (κ2) is 5.71. The summed E-state index contributed by atoms with van der Waals surface area (Å²) in [5, 5.41) is 10.4. The Kier molecular flexibility index (Phi) is 4.01. The van der Waals surface area contributed by atoms with Crippen molar-refractivity contribution < 1.29 is 0 Å². The third kappa shape index (κ3) is 2.53. The van der Waals surface area contributed by atoms with E-state index < -0.39 is 0 Å². The van der Waals surface area contributed by atoms with E-state index in [9.17, 15) is 5.26 Å². The van der Waals surface area contributed by atoms with Crippen LogP contribution < -0.4 is 4.90 Å². The van der Waals surface area contributed by atoms with Crippen LogP contribution >= 0.6 is 0 Å². The smallest absolute Gasteiger partial charge is 0.147 e. The molecule has 0 radical (unpaired) electrons. The highest BCUT2D eigenvalue weighted by Gasteiger charge is 2.16. The molecule has 2 rings (SSSR count). The number of benzene rings is 1. The quantitative estimate of drug-likeness (QED) is 0.833. The Hall–Kier alpha value is -2.08. The molecule has 0 N–H and O–H groups in total. The summed E-state index contributed by atoms with van der Waals surface area (Å²) in [5.41, 5.74) is 1.59. The highest BCUT2D eigenvalue weighted by atomic mass is 15.2. The maximum Gasteiger partial charge on any atom is 0.147 e. The van der Waals surface area contributed by atoms with E-state index in [-0.39, 0.29) is 0 Å². The molecule has 0 amide bonds. The topological polar surface area (TPSA) is 39.9 Å². The van der Waals surface area contributed by atoms with Gasteiger partial charge in [-0.1, -0.05) is 32.0 Å². The van der Waals surface area contributed by atoms with E-state index in [2.05, 4.69) is 29.8 Å². The van der Waals surface area contributed by atoms with Gasteiger partial charge in [-0.25, -0.2) is 4.98 Å². The van der Waals surface area contributed by atoms with Crippen LogP contribution in [0.4, 0.5) is 5.82 Å². The molecule has 98 valence electrons. The molecule has 3 nitrogen and oxygen atoms in total. The number of fused-ring (bicyclic) bond motifs is 1. The molecule has 1 aromatic heterocycles. The van der Waals surface area contributed by atoms with Crippen LogP contribution in [0.2, 0.25) is 0 Å². The molecule has 0 fully saturated rings. The predicted molar refractivity (Wildman–Crippen MR) is 79.2 cm³/mol. The summed E-state index contributed by atoms with van der Waals surface area (Å²) < 4.78 is 0. The lowest BCUT2D eigenvalue weighted by molar-refractivity contribution is 0.587. The van der Waals surface area contributed by atoms with Crippen LogP contribution in [0, 0.1) is 11.3 Å². The van der Waals surface area contributed by atoms with Crippen LogP contribution in [0.25, 0.3) is 10.9 Å². The number of pyridine rings is 1. The van der Waals surface area contributed by atoms with Crippen molar-refractivity contribution in [1.82, 2.24) is 4.98 Å². The summed E-state index contributed by atoms with van der Waals surface area (Å²) in [7, 11) is 2.02. The van der Waals surface area contributed by atoms with E-state index in [1.54, 1.807) is 0 Å². The lowest BCUT2D eigenvalue weighted by Crippen LogP contribution is -2.31. The molecule has 0 bridgehead atoms.